The number of nitrogens with one attached hydrogen (secondary N) is 4. The zero-order valence-corrected chi connectivity index (χ0v) is 33.2. The maximum Gasteiger partial charge on any atom is 0.264 e. The molecule has 3 aliphatic rings. The fourth-order valence-electron chi connectivity index (χ4n) is 5.74. The summed E-state index contributed by atoms with van der Waals surface area (Å²) >= 11 is 5.97. The number of aryl methyl sites for hydroxylation is 4. The summed E-state index contributed by atoms with van der Waals surface area (Å²) in [7, 11) is 0. The van der Waals surface area contributed by atoms with Gasteiger partial charge >= 0.3 is 0 Å². The number of halogens is 3. The molecule has 2 aliphatic heterocycles. The lowest BCUT2D eigenvalue weighted by Gasteiger charge is -2.28. The first-order valence-electron chi connectivity index (χ1n) is 18.3. The molecule has 8 N–H and O–H groups in total. The van der Waals surface area contributed by atoms with Crippen molar-refractivity contribution < 1.29 is 18.4 Å². The van der Waals surface area contributed by atoms with Gasteiger partial charge in [-0.2, -0.15) is 4.98 Å². The van der Waals surface area contributed by atoms with Crippen LogP contribution in [0, 0.1) is 13.8 Å². The molecule has 1 atom stereocenters. The first kappa shape index (κ1) is 42.7. The van der Waals surface area contributed by atoms with E-state index in [0.29, 0.717) is 47.8 Å². The van der Waals surface area contributed by atoms with Gasteiger partial charge < -0.3 is 32.7 Å². The van der Waals surface area contributed by atoms with Crippen LogP contribution in [0.4, 0.5) is 49.2 Å². The van der Waals surface area contributed by atoms with Gasteiger partial charge in [0.15, 0.2) is 0 Å². The van der Waals surface area contributed by atoms with Crippen LogP contribution in [0.3, 0.4) is 0 Å². The first-order chi connectivity index (χ1) is 25.9. The Labute approximate surface area is 326 Å². The zero-order valence-electron chi connectivity index (χ0n) is 32.4. The van der Waals surface area contributed by atoms with E-state index < -0.39 is 12.0 Å². The van der Waals surface area contributed by atoms with E-state index in [1.165, 1.54) is 0 Å². The third-order valence-electron chi connectivity index (χ3n) is 9.00. The molecule has 55 heavy (non-hydrogen) atoms. The summed E-state index contributed by atoms with van der Waals surface area (Å²) in [5.41, 5.74) is 17.9. The van der Waals surface area contributed by atoms with E-state index >= 15 is 0 Å². The summed E-state index contributed by atoms with van der Waals surface area (Å²) < 4.78 is 22.8. The van der Waals surface area contributed by atoms with Crippen LogP contribution in [0.5, 0.6) is 0 Å². The maximum absolute atomic E-state index is 11.4. The van der Waals surface area contributed by atoms with Crippen molar-refractivity contribution in [2.24, 2.45) is 5.73 Å². The smallest absolute Gasteiger partial charge is 0.264 e. The molecule has 0 bridgehead atoms. The van der Waals surface area contributed by atoms with Crippen molar-refractivity contribution in [2.45, 2.75) is 105 Å². The van der Waals surface area contributed by atoms with Crippen molar-refractivity contribution in [1.29, 1.82) is 0 Å². The highest BCUT2D eigenvalue weighted by molar-refractivity contribution is 6.30. The molecule has 7 rings (SSSR count). The molecule has 2 aromatic carbocycles. The van der Waals surface area contributed by atoms with Crippen molar-refractivity contribution >= 4 is 63.9 Å². The standard InChI is InChI=1S/C14H13ClN4O.C14H15N5O.C8H19N.C3H5F2N/c2*1-8-7-16-14(19-13(8)15)17-10-3-4-11-9(6-10)2-5-12(20)18-11;1-6-9(7(2)3)8(4)5;4-3(5)1-2(3)6/h3-4,6-7H,2,5H2,1H3,(H,18,20)(H,16,17,19);3-4,6-7H,2,5H2,1H3,(H,18,20)(H3,15,16,17,19);7-8H,6H2,1-5H3;2H,1,6H2. The molecular weight excluding hydrogens is 728 g/mol. The highest BCUT2D eigenvalue weighted by atomic mass is 35.5. The molecule has 2 aromatic heterocycles. The van der Waals surface area contributed by atoms with Crippen molar-refractivity contribution in [2.75, 3.05) is 33.5 Å². The van der Waals surface area contributed by atoms with Gasteiger partial charge in [-0.05, 0) is 108 Å². The Morgan fingerprint density at radius 2 is 1.27 bits per heavy atom. The SMILES string of the molecule is CCN(C(C)C)C(C)C.Cc1cnc(Nc2ccc3c(c2)CCC(=O)N3)nc1Cl.Cc1cnc(Nc2ccc3c(c2)CCC(=O)N3)nc1N.NC1CC1(F)F. The van der Waals surface area contributed by atoms with Gasteiger partial charge in [-0.3, -0.25) is 14.5 Å². The monoisotopic (exact) mass is 779 g/mol. The molecule has 16 heteroatoms. The lowest BCUT2D eigenvalue weighted by molar-refractivity contribution is -0.117. The quantitative estimate of drug-likeness (QED) is 0.102. The molecule has 0 spiro atoms. The number of hydrogen-bond acceptors (Lipinski definition) is 11. The molecule has 13 nitrogen and oxygen atoms in total. The molecule has 1 saturated carbocycles. The molecule has 296 valence electrons. The van der Waals surface area contributed by atoms with Crippen LogP contribution in [0.1, 0.15) is 76.1 Å². The minimum absolute atomic E-state index is 0.0619. The van der Waals surface area contributed by atoms with Gasteiger partial charge in [0.1, 0.15) is 11.0 Å². The fraction of sp³-hybridized carbons (Fsp3) is 0.436. The zero-order chi connectivity index (χ0) is 40.4. The highest BCUT2D eigenvalue weighted by Crippen LogP contribution is 2.39. The number of alkyl halides is 2. The van der Waals surface area contributed by atoms with Gasteiger partial charge in [-0.1, -0.05) is 18.5 Å². The Kier molecular flexibility index (Phi) is 14.8. The summed E-state index contributed by atoms with van der Waals surface area (Å²) in [6.07, 6.45) is 5.76. The van der Waals surface area contributed by atoms with Gasteiger partial charge in [0.05, 0.1) is 6.04 Å². The van der Waals surface area contributed by atoms with Gasteiger partial charge in [0, 0.05) is 77.6 Å². The summed E-state index contributed by atoms with van der Waals surface area (Å²) in [5.74, 6) is -0.999. The number of nitrogens with two attached hydrogens (primary N) is 2. The lowest BCUT2D eigenvalue weighted by Crippen LogP contribution is -2.36. The van der Waals surface area contributed by atoms with E-state index in [0.717, 1.165) is 64.4 Å². The first-order valence-corrected chi connectivity index (χ1v) is 18.7. The van der Waals surface area contributed by atoms with E-state index in [4.69, 9.17) is 23.1 Å². The fourth-order valence-corrected chi connectivity index (χ4v) is 5.87. The molecule has 1 unspecified atom stereocenters. The second kappa shape index (κ2) is 19.0. The molecule has 2 amide bonds. The maximum atomic E-state index is 11.4. The Morgan fingerprint density at radius 3 is 1.64 bits per heavy atom. The topological polar surface area (TPSA) is 189 Å². The Balaban J connectivity index is 0.000000180. The van der Waals surface area contributed by atoms with Crippen molar-refractivity contribution in [3.63, 3.8) is 0 Å². The molecule has 4 heterocycles. The number of nitrogen functional groups attached to an aromatic ring is 1. The number of benzene rings is 2. The van der Waals surface area contributed by atoms with Crippen molar-refractivity contribution in [1.82, 2.24) is 24.8 Å². The van der Waals surface area contributed by atoms with Crippen LogP contribution in [-0.4, -0.2) is 67.2 Å². The van der Waals surface area contributed by atoms with Gasteiger partial charge in [0.25, 0.3) is 5.92 Å². The van der Waals surface area contributed by atoms with E-state index in [1.54, 1.807) is 12.4 Å². The van der Waals surface area contributed by atoms with E-state index in [1.807, 2.05) is 50.2 Å². The summed E-state index contributed by atoms with van der Waals surface area (Å²) in [6.45, 7) is 16.0. The third kappa shape index (κ3) is 12.8. The van der Waals surface area contributed by atoms with Gasteiger partial charge in [-0.25, -0.2) is 23.7 Å². The molecule has 1 fully saturated rings. The lowest BCUT2D eigenvalue weighted by atomic mass is 10.0. The Morgan fingerprint density at radius 1 is 0.836 bits per heavy atom. The summed E-state index contributed by atoms with van der Waals surface area (Å²) in [6, 6.07) is 12.0. The van der Waals surface area contributed by atoms with Crippen LogP contribution in [0.25, 0.3) is 0 Å². The van der Waals surface area contributed by atoms with Crippen molar-refractivity contribution in [3.05, 3.63) is 76.2 Å². The minimum atomic E-state index is -2.51. The molecular formula is C39H52ClF2N11O2. The number of carbonyl (C=O) groups excluding carboxylic acids is 2. The number of carbonyl (C=O) groups is 2. The average Bonchev–Trinajstić information content (AvgIpc) is 3.70. The van der Waals surface area contributed by atoms with E-state index in [9.17, 15) is 18.4 Å². The molecule has 0 radical (unpaired) electrons. The number of aromatic nitrogens is 4. The number of rotatable bonds is 7. The largest absolute Gasteiger partial charge is 0.383 e. The van der Waals surface area contributed by atoms with Gasteiger partial charge in [-0.15, -0.1) is 0 Å². The number of nitrogens with zero attached hydrogens (tertiary/aromatic N) is 5. The summed E-state index contributed by atoms with van der Waals surface area (Å²) in [4.78, 5) is 41.8. The van der Waals surface area contributed by atoms with Crippen LogP contribution < -0.4 is 32.7 Å². The highest BCUT2D eigenvalue weighted by Gasteiger charge is 2.54. The van der Waals surface area contributed by atoms with Crippen LogP contribution in [-0.2, 0) is 22.4 Å². The molecule has 4 aromatic rings. The normalized spacial score (nSPS) is 16.1. The predicted octanol–water partition coefficient (Wildman–Crippen LogP) is 7.54. The van der Waals surface area contributed by atoms with E-state index in [2.05, 4.69) is 80.7 Å². The molecule has 1 aliphatic carbocycles. The average molecular weight is 780 g/mol. The van der Waals surface area contributed by atoms with Crippen LogP contribution >= 0.6 is 11.6 Å². The third-order valence-corrected chi connectivity index (χ3v) is 9.38. The Hall–Kier alpha value is -4.99. The second-order valence-electron chi connectivity index (χ2n) is 14.1. The Bertz CT molecular complexity index is 1830. The predicted molar refractivity (Wildman–Crippen MR) is 217 cm³/mol. The van der Waals surface area contributed by atoms with Crippen LogP contribution in [0.15, 0.2) is 48.8 Å². The van der Waals surface area contributed by atoms with Crippen molar-refractivity contribution in [3.8, 4) is 0 Å². The molecule has 0 saturated heterocycles. The number of fused-ring (bicyclic) bond motifs is 2. The summed E-state index contributed by atoms with van der Waals surface area (Å²) in [5, 5.41) is 12.4. The van der Waals surface area contributed by atoms with E-state index in [-0.39, 0.29) is 18.2 Å². The number of amides is 2. The number of hydrogen-bond donors (Lipinski definition) is 6. The van der Waals surface area contributed by atoms with Gasteiger partial charge in [0.2, 0.25) is 23.7 Å². The van der Waals surface area contributed by atoms with Crippen LogP contribution in [0.2, 0.25) is 5.15 Å². The second-order valence-corrected chi connectivity index (χ2v) is 14.5. The minimum Gasteiger partial charge on any atom is -0.383 e. The number of anilines is 7.